The molecule has 0 aliphatic carbocycles. The Bertz CT molecular complexity index is 1540. The maximum absolute atomic E-state index is 13.9. The number of nitrogens with zero attached hydrogens (tertiary/aromatic N) is 1. The van der Waals surface area contributed by atoms with Gasteiger partial charge in [-0.05, 0) is 71.7 Å². The van der Waals surface area contributed by atoms with Crippen molar-refractivity contribution in [3.05, 3.63) is 110 Å². The van der Waals surface area contributed by atoms with Crippen molar-refractivity contribution >= 4 is 16.9 Å². The number of carbonyl (C=O) groups excluding carboxylic acids is 1. The molecule has 0 fully saturated rings. The molecule has 4 aromatic rings. The predicted molar refractivity (Wildman–Crippen MR) is 147 cm³/mol. The highest BCUT2D eigenvalue weighted by Crippen LogP contribution is 2.39. The van der Waals surface area contributed by atoms with E-state index < -0.39 is 6.04 Å². The molecular formula is C32H33NO4. The highest BCUT2D eigenvalue weighted by atomic mass is 16.5. The van der Waals surface area contributed by atoms with Gasteiger partial charge < -0.3 is 14.1 Å². The van der Waals surface area contributed by atoms with Crippen LogP contribution in [0.4, 0.5) is 0 Å². The first kappa shape index (κ1) is 24.8. The van der Waals surface area contributed by atoms with Gasteiger partial charge in [0.1, 0.15) is 11.3 Å². The number of aryl methyl sites for hydroxylation is 2. The lowest BCUT2D eigenvalue weighted by molar-refractivity contribution is 0.0730. The van der Waals surface area contributed by atoms with E-state index in [1.165, 1.54) is 5.56 Å². The van der Waals surface area contributed by atoms with E-state index in [1.807, 2.05) is 62.4 Å². The minimum absolute atomic E-state index is 0.000267. The Balaban J connectivity index is 1.62. The summed E-state index contributed by atoms with van der Waals surface area (Å²) in [5, 5.41) is 0.525. The van der Waals surface area contributed by atoms with Crippen molar-refractivity contribution in [2.24, 2.45) is 0 Å². The first-order valence-corrected chi connectivity index (χ1v) is 12.7. The Morgan fingerprint density at radius 3 is 2.24 bits per heavy atom. The zero-order valence-electron chi connectivity index (χ0n) is 22.3. The molecule has 0 unspecified atom stereocenters. The number of hydrogen-bond donors (Lipinski definition) is 0. The predicted octanol–water partition coefficient (Wildman–Crippen LogP) is 6.50. The van der Waals surface area contributed by atoms with Crippen molar-refractivity contribution in [1.82, 2.24) is 4.90 Å². The summed E-state index contributed by atoms with van der Waals surface area (Å²) >= 11 is 0. The summed E-state index contributed by atoms with van der Waals surface area (Å²) in [7, 11) is 1.64. The van der Waals surface area contributed by atoms with Gasteiger partial charge in [0, 0.05) is 6.54 Å². The fraction of sp³-hybridized carbons (Fsp3) is 0.312. The largest absolute Gasteiger partial charge is 0.497 e. The number of fused-ring (bicyclic) bond motifs is 2. The zero-order valence-corrected chi connectivity index (χ0v) is 22.3. The second kappa shape index (κ2) is 9.22. The third-order valence-corrected chi connectivity index (χ3v) is 7.29. The Kier molecular flexibility index (Phi) is 6.18. The van der Waals surface area contributed by atoms with Crippen molar-refractivity contribution in [1.29, 1.82) is 0 Å². The monoisotopic (exact) mass is 495 g/mol. The molecule has 0 spiro atoms. The molecule has 1 amide bonds. The maximum Gasteiger partial charge on any atom is 0.290 e. The van der Waals surface area contributed by atoms with Gasteiger partial charge in [0.05, 0.1) is 24.1 Å². The number of ether oxygens (including phenoxy) is 1. The molecule has 5 nitrogen and oxygen atoms in total. The van der Waals surface area contributed by atoms with E-state index in [-0.39, 0.29) is 22.5 Å². The Morgan fingerprint density at radius 2 is 1.62 bits per heavy atom. The van der Waals surface area contributed by atoms with Crippen LogP contribution < -0.4 is 10.2 Å². The van der Waals surface area contributed by atoms with Gasteiger partial charge in [0.15, 0.2) is 5.43 Å². The molecule has 5 heteroatoms. The molecule has 3 aromatic carbocycles. The summed E-state index contributed by atoms with van der Waals surface area (Å²) < 4.78 is 11.5. The van der Waals surface area contributed by atoms with Crippen LogP contribution in [0.3, 0.4) is 0 Å². The van der Waals surface area contributed by atoms with Crippen LogP contribution in [0.5, 0.6) is 5.75 Å². The quantitative estimate of drug-likeness (QED) is 0.317. The molecule has 190 valence electrons. The first-order valence-electron chi connectivity index (χ1n) is 12.7. The number of methoxy groups -OCH3 is 1. The zero-order chi connectivity index (χ0) is 26.5. The highest BCUT2D eigenvalue weighted by Gasteiger charge is 2.42. The second-order valence-corrected chi connectivity index (χ2v) is 11.0. The Hall–Kier alpha value is -3.86. The van der Waals surface area contributed by atoms with E-state index in [0.717, 1.165) is 28.0 Å². The van der Waals surface area contributed by atoms with Gasteiger partial charge in [-0.15, -0.1) is 0 Å². The van der Waals surface area contributed by atoms with Gasteiger partial charge in [-0.25, -0.2) is 0 Å². The molecule has 1 aliphatic rings. The van der Waals surface area contributed by atoms with Gasteiger partial charge in [-0.3, -0.25) is 9.59 Å². The van der Waals surface area contributed by atoms with Crippen molar-refractivity contribution in [3.8, 4) is 5.75 Å². The molecule has 37 heavy (non-hydrogen) atoms. The minimum atomic E-state index is -0.503. The fourth-order valence-corrected chi connectivity index (χ4v) is 5.26. The molecule has 1 aromatic heterocycles. The molecule has 0 radical (unpaired) electrons. The summed E-state index contributed by atoms with van der Waals surface area (Å²) in [4.78, 5) is 29.5. The van der Waals surface area contributed by atoms with Crippen molar-refractivity contribution in [3.63, 3.8) is 0 Å². The van der Waals surface area contributed by atoms with E-state index in [1.54, 1.807) is 12.0 Å². The highest BCUT2D eigenvalue weighted by molar-refractivity contribution is 5.99. The summed E-state index contributed by atoms with van der Waals surface area (Å²) in [6.07, 6.45) is 0.645. The summed E-state index contributed by atoms with van der Waals surface area (Å²) in [5.74, 6) is 0.703. The fourth-order valence-electron chi connectivity index (χ4n) is 5.26. The lowest BCUT2D eigenvalue weighted by Crippen LogP contribution is -2.31. The number of benzene rings is 3. The standard InChI is InChI=1S/C32H33NO4/c1-19-17-20(2)29-25(18-19)28(34)26-27(22-9-11-23(12-10-22)32(3,4)5)33(31(35)30(26)37-29)16-15-21-7-13-24(36-6)14-8-21/h7-14,17-18,27H,15-16H2,1-6H3/t27-/m1/s1. The van der Waals surface area contributed by atoms with Gasteiger partial charge in [0.25, 0.3) is 5.91 Å². The second-order valence-electron chi connectivity index (χ2n) is 11.0. The molecule has 0 saturated carbocycles. The van der Waals surface area contributed by atoms with Gasteiger partial charge >= 0.3 is 0 Å². The third-order valence-electron chi connectivity index (χ3n) is 7.29. The van der Waals surface area contributed by atoms with Crippen molar-refractivity contribution in [2.75, 3.05) is 13.7 Å². The molecule has 2 heterocycles. The number of amides is 1. The topological polar surface area (TPSA) is 59.8 Å². The normalized spacial score (nSPS) is 15.4. The first-order chi connectivity index (χ1) is 17.6. The molecule has 1 aliphatic heterocycles. The molecule has 0 saturated heterocycles. The lowest BCUT2D eigenvalue weighted by Gasteiger charge is -2.26. The Morgan fingerprint density at radius 1 is 0.946 bits per heavy atom. The smallest absolute Gasteiger partial charge is 0.290 e. The van der Waals surface area contributed by atoms with E-state index >= 15 is 0 Å². The SMILES string of the molecule is COc1ccc(CCN2C(=O)c3oc4c(C)cc(C)cc4c(=O)c3[C@H]2c2ccc(C(C)(C)C)cc2)cc1. The molecule has 5 rings (SSSR count). The number of hydrogen-bond acceptors (Lipinski definition) is 4. The molecular weight excluding hydrogens is 462 g/mol. The number of rotatable bonds is 5. The summed E-state index contributed by atoms with van der Waals surface area (Å²) in [5.41, 5.74) is 5.82. The number of carbonyl (C=O) groups is 1. The molecule has 0 bridgehead atoms. The van der Waals surface area contributed by atoms with Gasteiger partial charge in [0.2, 0.25) is 5.76 Å². The third kappa shape index (κ3) is 4.43. The average molecular weight is 496 g/mol. The average Bonchev–Trinajstić information content (AvgIpc) is 3.15. The van der Waals surface area contributed by atoms with Crippen LogP contribution in [0.15, 0.2) is 69.9 Å². The van der Waals surface area contributed by atoms with Gasteiger partial charge in [-0.2, -0.15) is 0 Å². The Labute approximate surface area is 217 Å². The van der Waals surface area contributed by atoms with E-state index in [9.17, 15) is 9.59 Å². The maximum atomic E-state index is 13.9. The minimum Gasteiger partial charge on any atom is -0.497 e. The van der Waals surface area contributed by atoms with Crippen LogP contribution in [0.1, 0.15) is 70.7 Å². The van der Waals surface area contributed by atoms with E-state index in [2.05, 4.69) is 32.9 Å². The van der Waals surface area contributed by atoms with Crippen molar-refractivity contribution < 1.29 is 13.9 Å². The molecule has 1 atom stereocenters. The van der Waals surface area contributed by atoms with E-state index in [0.29, 0.717) is 29.5 Å². The van der Waals surface area contributed by atoms with Crippen LogP contribution in [0, 0.1) is 13.8 Å². The van der Waals surface area contributed by atoms with E-state index in [4.69, 9.17) is 9.15 Å². The van der Waals surface area contributed by atoms with Crippen molar-refractivity contribution in [2.45, 2.75) is 52.5 Å². The van der Waals surface area contributed by atoms with Crippen LogP contribution in [0.2, 0.25) is 0 Å². The summed E-state index contributed by atoms with van der Waals surface area (Å²) in [6.45, 7) is 10.8. The van der Waals surface area contributed by atoms with Crippen LogP contribution >= 0.6 is 0 Å². The lowest BCUT2D eigenvalue weighted by atomic mass is 9.86. The summed E-state index contributed by atoms with van der Waals surface area (Å²) in [6, 6.07) is 19.4. The van der Waals surface area contributed by atoms with Crippen LogP contribution in [0.25, 0.3) is 11.0 Å². The van der Waals surface area contributed by atoms with Crippen LogP contribution in [-0.2, 0) is 11.8 Å². The van der Waals surface area contributed by atoms with Crippen LogP contribution in [-0.4, -0.2) is 24.5 Å². The molecule has 0 N–H and O–H groups in total. The van der Waals surface area contributed by atoms with Gasteiger partial charge in [-0.1, -0.05) is 63.2 Å².